The zero-order chi connectivity index (χ0) is 37.7. The summed E-state index contributed by atoms with van der Waals surface area (Å²) in [7, 11) is 0. The van der Waals surface area contributed by atoms with Gasteiger partial charge in [0.15, 0.2) is 0 Å². The highest BCUT2D eigenvalue weighted by Crippen LogP contribution is 2.77. The molecule has 0 aromatic heterocycles. The van der Waals surface area contributed by atoms with E-state index in [-0.39, 0.29) is 69.7 Å². The number of hydrogen-bond acceptors (Lipinski definition) is 7. The second-order valence-corrected chi connectivity index (χ2v) is 18.7. The first-order chi connectivity index (χ1) is 24.5. The molecule has 10 atom stereocenters. The van der Waals surface area contributed by atoms with Crippen LogP contribution < -0.4 is 0 Å². The van der Waals surface area contributed by atoms with Crippen molar-refractivity contribution >= 4 is 24.0 Å². The quantitative estimate of drug-likeness (QED) is 0.111. The summed E-state index contributed by atoms with van der Waals surface area (Å²) < 4.78 is 17.3. The van der Waals surface area contributed by atoms with Gasteiger partial charge in [-0.15, -0.1) is 0 Å². The lowest BCUT2D eigenvalue weighted by atomic mass is 9.32. The standard InChI is InChI=1S/C45H64O7/c1-9-50-37(47)18-19-38(48)51-28-45-25-20-32(29(2)3)40(45)33-15-16-35-42(6)23-22-36(52-39(49)17-12-30-10-13-31(46)14-11-30)41(4,5)34(42)21-24-44(35,8)43(33,7)26-27-45/h10-14,17,32-36,40,46H,2,9,15-16,18-28H2,1,3-8H3. The summed E-state index contributed by atoms with van der Waals surface area (Å²) >= 11 is 0. The first kappa shape index (κ1) is 38.6. The average molecular weight is 717 g/mol. The number of carbonyl (C=O) groups excluding carboxylic acids is 3. The lowest BCUT2D eigenvalue weighted by molar-refractivity contribution is -0.251. The molecule has 5 aliphatic rings. The van der Waals surface area contributed by atoms with Crippen LogP contribution in [0.5, 0.6) is 5.75 Å². The van der Waals surface area contributed by atoms with Gasteiger partial charge in [0.2, 0.25) is 0 Å². The summed E-state index contributed by atoms with van der Waals surface area (Å²) in [6.07, 6.45) is 14.3. The maximum Gasteiger partial charge on any atom is 0.331 e. The summed E-state index contributed by atoms with van der Waals surface area (Å²) in [5.74, 6) is 1.70. The topological polar surface area (TPSA) is 99.1 Å². The van der Waals surface area contributed by atoms with Gasteiger partial charge in [0.05, 0.1) is 26.1 Å². The molecule has 0 spiro atoms. The van der Waals surface area contributed by atoms with Crippen LogP contribution in [-0.2, 0) is 28.6 Å². The Labute approximate surface area is 312 Å². The number of carbonyl (C=O) groups is 3. The Bertz CT molecular complexity index is 1560. The van der Waals surface area contributed by atoms with Gasteiger partial charge in [0, 0.05) is 16.9 Å². The molecule has 10 unspecified atom stereocenters. The third kappa shape index (κ3) is 6.54. The molecule has 1 aromatic carbocycles. The fourth-order valence-corrected chi connectivity index (χ4v) is 13.4. The molecule has 5 aliphatic carbocycles. The molecular formula is C45H64O7. The predicted octanol–water partition coefficient (Wildman–Crippen LogP) is 9.86. The van der Waals surface area contributed by atoms with Crippen molar-refractivity contribution in [3.05, 3.63) is 48.1 Å². The van der Waals surface area contributed by atoms with Gasteiger partial charge in [-0.25, -0.2) is 4.79 Å². The number of phenolic OH excluding ortho intramolecular Hbond substituents is 1. The van der Waals surface area contributed by atoms with Crippen LogP contribution in [-0.4, -0.2) is 42.3 Å². The van der Waals surface area contributed by atoms with Gasteiger partial charge in [-0.3, -0.25) is 9.59 Å². The smallest absolute Gasteiger partial charge is 0.331 e. The molecule has 0 aliphatic heterocycles. The van der Waals surface area contributed by atoms with E-state index in [1.54, 1.807) is 37.3 Å². The molecule has 6 rings (SSSR count). The zero-order valence-corrected chi connectivity index (χ0v) is 32.9. The Hall–Kier alpha value is -3.09. The van der Waals surface area contributed by atoms with Crippen molar-refractivity contribution in [3.63, 3.8) is 0 Å². The van der Waals surface area contributed by atoms with Crippen LogP contribution in [0.1, 0.15) is 131 Å². The lowest BCUT2D eigenvalue weighted by Gasteiger charge is -2.73. The molecule has 0 saturated heterocycles. The normalized spacial score (nSPS) is 39.0. The van der Waals surface area contributed by atoms with Crippen molar-refractivity contribution in [3.8, 4) is 5.75 Å². The molecular weight excluding hydrogens is 652 g/mol. The van der Waals surface area contributed by atoms with E-state index in [2.05, 4.69) is 48.1 Å². The maximum absolute atomic E-state index is 13.1. The highest BCUT2D eigenvalue weighted by Gasteiger charge is 2.71. The Kier molecular flexibility index (Phi) is 10.6. The molecule has 7 heteroatoms. The van der Waals surface area contributed by atoms with Crippen LogP contribution in [0.2, 0.25) is 0 Å². The van der Waals surface area contributed by atoms with Gasteiger partial charge in [0.1, 0.15) is 11.9 Å². The minimum Gasteiger partial charge on any atom is -0.508 e. The largest absolute Gasteiger partial charge is 0.508 e. The Morgan fingerprint density at radius 3 is 2.19 bits per heavy atom. The molecule has 286 valence electrons. The maximum atomic E-state index is 13.1. The molecule has 52 heavy (non-hydrogen) atoms. The highest BCUT2D eigenvalue weighted by atomic mass is 16.5. The minimum absolute atomic E-state index is 0.0433. The van der Waals surface area contributed by atoms with Crippen LogP contribution in [0.15, 0.2) is 42.5 Å². The molecule has 1 aromatic rings. The zero-order valence-electron chi connectivity index (χ0n) is 32.9. The number of aromatic hydroxyl groups is 1. The number of benzene rings is 1. The molecule has 5 saturated carbocycles. The van der Waals surface area contributed by atoms with Crippen molar-refractivity contribution in [2.24, 2.45) is 56.7 Å². The number of hydrogen-bond donors (Lipinski definition) is 1. The van der Waals surface area contributed by atoms with Gasteiger partial charge in [-0.1, -0.05) is 58.9 Å². The SMILES string of the molecule is C=C(C)C1CCC2(COC(=O)CCC(=O)OCC)CCC3(C)C(CCC4C5(C)CCC(OC(=O)C=Cc6ccc(O)cc6)C(C)(C)C5CCC43C)C12. The second kappa shape index (κ2) is 14.3. The molecule has 0 bridgehead atoms. The van der Waals surface area contributed by atoms with E-state index in [0.717, 1.165) is 50.5 Å². The van der Waals surface area contributed by atoms with E-state index in [0.29, 0.717) is 42.8 Å². The lowest BCUT2D eigenvalue weighted by Crippen LogP contribution is -2.67. The van der Waals surface area contributed by atoms with E-state index in [4.69, 9.17) is 14.2 Å². The van der Waals surface area contributed by atoms with E-state index in [1.165, 1.54) is 30.9 Å². The molecule has 7 nitrogen and oxygen atoms in total. The summed E-state index contributed by atoms with van der Waals surface area (Å²) in [5.41, 5.74) is 2.42. The first-order valence-corrected chi connectivity index (χ1v) is 20.1. The molecule has 5 fully saturated rings. The van der Waals surface area contributed by atoms with Gasteiger partial charge in [-0.05, 0) is 148 Å². The van der Waals surface area contributed by atoms with Crippen molar-refractivity contribution < 1.29 is 33.7 Å². The summed E-state index contributed by atoms with van der Waals surface area (Å²) in [6.45, 7) is 21.7. The van der Waals surface area contributed by atoms with E-state index in [9.17, 15) is 19.5 Å². The number of esters is 3. The summed E-state index contributed by atoms with van der Waals surface area (Å²) in [5, 5.41) is 9.59. The monoisotopic (exact) mass is 716 g/mol. The second-order valence-electron chi connectivity index (χ2n) is 18.7. The Morgan fingerprint density at radius 1 is 0.827 bits per heavy atom. The van der Waals surface area contributed by atoms with Crippen LogP contribution >= 0.6 is 0 Å². The number of allylic oxidation sites excluding steroid dienone is 1. The summed E-state index contributed by atoms with van der Waals surface area (Å²) in [4.78, 5) is 37.9. The fourth-order valence-electron chi connectivity index (χ4n) is 13.4. The van der Waals surface area contributed by atoms with Crippen molar-refractivity contribution in [2.45, 2.75) is 132 Å². The average Bonchev–Trinajstić information content (AvgIpc) is 3.48. The van der Waals surface area contributed by atoms with Crippen molar-refractivity contribution in [1.82, 2.24) is 0 Å². The number of ether oxygens (including phenoxy) is 3. The van der Waals surface area contributed by atoms with Gasteiger partial charge in [0.25, 0.3) is 0 Å². The highest BCUT2D eigenvalue weighted by molar-refractivity contribution is 5.87. The van der Waals surface area contributed by atoms with E-state index in [1.807, 2.05) is 0 Å². The van der Waals surface area contributed by atoms with Crippen molar-refractivity contribution in [1.29, 1.82) is 0 Å². The van der Waals surface area contributed by atoms with E-state index >= 15 is 0 Å². The summed E-state index contributed by atoms with van der Waals surface area (Å²) in [6, 6.07) is 6.80. The Morgan fingerprint density at radius 2 is 1.52 bits per heavy atom. The third-order valence-electron chi connectivity index (χ3n) is 16.1. The molecule has 0 radical (unpaired) electrons. The first-order valence-electron chi connectivity index (χ1n) is 20.1. The molecule has 0 heterocycles. The van der Waals surface area contributed by atoms with E-state index < -0.39 is 0 Å². The number of phenols is 1. The predicted molar refractivity (Wildman–Crippen MR) is 203 cm³/mol. The van der Waals surface area contributed by atoms with Crippen LogP contribution in [0, 0.1) is 56.7 Å². The molecule has 0 amide bonds. The van der Waals surface area contributed by atoms with Crippen LogP contribution in [0.4, 0.5) is 0 Å². The fraction of sp³-hybridized carbons (Fsp3) is 0.711. The van der Waals surface area contributed by atoms with Crippen LogP contribution in [0.3, 0.4) is 0 Å². The van der Waals surface area contributed by atoms with Crippen LogP contribution in [0.25, 0.3) is 6.08 Å². The third-order valence-corrected chi connectivity index (χ3v) is 16.1. The van der Waals surface area contributed by atoms with Gasteiger partial charge < -0.3 is 19.3 Å². The minimum atomic E-state index is -0.349. The number of rotatable bonds is 10. The van der Waals surface area contributed by atoms with Crippen molar-refractivity contribution in [2.75, 3.05) is 13.2 Å². The van der Waals surface area contributed by atoms with Gasteiger partial charge in [-0.2, -0.15) is 0 Å². The number of fused-ring (bicyclic) bond motifs is 7. The molecule has 1 N–H and O–H groups in total. The Balaban J connectivity index is 1.19. The van der Waals surface area contributed by atoms with Gasteiger partial charge >= 0.3 is 17.9 Å².